The summed E-state index contributed by atoms with van der Waals surface area (Å²) < 4.78 is 8.82. The quantitative estimate of drug-likeness (QED) is 0.835. The fourth-order valence-corrected chi connectivity index (χ4v) is 3.40. The van der Waals surface area contributed by atoms with Gasteiger partial charge in [-0.05, 0) is 24.9 Å². The van der Waals surface area contributed by atoms with E-state index < -0.39 is 5.97 Å². The lowest BCUT2D eigenvalue weighted by atomic mass is 10.2. The zero-order valence-corrected chi connectivity index (χ0v) is 15.0. The largest absolute Gasteiger partial charge is 0.465 e. The van der Waals surface area contributed by atoms with Crippen molar-refractivity contribution in [3.63, 3.8) is 0 Å². The Labute approximate surface area is 142 Å². The van der Waals surface area contributed by atoms with Crippen LogP contribution >= 0.6 is 22.9 Å². The van der Waals surface area contributed by atoms with Crippen LogP contribution in [-0.4, -0.2) is 40.4 Å². The summed E-state index contributed by atoms with van der Waals surface area (Å²) in [6.07, 6.45) is 0.878. The van der Waals surface area contributed by atoms with Crippen LogP contribution in [-0.2, 0) is 17.7 Å². The first-order chi connectivity index (χ1) is 11.0. The normalized spacial score (nSPS) is 10.4. The highest BCUT2D eigenvalue weighted by Gasteiger charge is 2.22. The van der Waals surface area contributed by atoms with Gasteiger partial charge < -0.3 is 9.64 Å². The van der Waals surface area contributed by atoms with Gasteiger partial charge in [0.25, 0.3) is 0 Å². The van der Waals surface area contributed by atoms with Gasteiger partial charge in [0.1, 0.15) is 10.6 Å². The number of amides is 2. The molecule has 0 saturated heterocycles. The van der Waals surface area contributed by atoms with Crippen LogP contribution in [0.3, 0.4) is 0 Å². The average molecular weight is 354 g/mol. The van der Waals surface area contributed by atoms with Crippen molar-refractivity contribution in [1.29, 1.82) is 0 Å². The van der Waals surface area contributed by atoms with Gasteiger partial charge in [0, 0.05) is 12.4 Å². The lowest BCUT2D eigenvalue weighted by Gasteiger charge is -2.16. The number of nitrogens with one attached hydrogen (secondary N) is 1. The smallest absolute Gasteiger partial charge is 0.342 e. The number of methoxy groups -OCH3 is 1. The molecular weight excluding hydrogens is 336 g/mol. The highest BCUT2D eigenvalue weighted by Crippen LogP contribution is 2.25. The van der Waals surface area contributed by atoms with Crippen molar-refractivity contribution in [1.82, 2.24) is 14.3 Å². The number of rotatable bonds is 5. The van der Waals surface area contributed by atoms with Gasteiger partial charge >= 0.3 is 12.0 Å². The van der Waals surface area contributed by atoms with Crippen molar-refractivity contribution >= 4 is 39.9 Å². The lowest BCUT2D eigenvalue weighted by Crippen LogP contribution is -2.31. The van der Waals surface area contributed by atoms with Gasteiger partial charge in [-0.3, -0.25) is 5.32 Å². The number of aromatic nitrogens is 2. The van der Waals surface area contributed by atoms with E-state index in [1.165, 1.54) is 12.0 Å². The molecule has 2 amide bonds. The molecule has 2 rings (SSSR count). The Morgan fingerprint density at radius 1 is 1.43 bits per heavy atom. The first-order valence-corrected chi connectivity index (χ1v) is 8.61. The number of carbonyl (C=O) groups excluding carboxylic acids is 2. The number of urea groups is 1. The van der Waals surface area contributed by atoms with E-state index in [0.29, 0.717) is 22.8 Å². The van der Waals surface area contributed by atoms with Crippen LogP contribution in [0.1, 0.15) is 33.7 Å². The van der Waals surface area contributed by atoms with E-state index in [9.17, 15) is 9.59 Å². The topological polar surface area (TPSA) is 84.4 Å². The van der Waals surface area contributed by atoms with E-state index in [0.717, 1.165) is 28.7 Å². The molecule has 9 heteroatoms. The second-order valence-corrected chi connectivity index (χ2v) is 6.55. The molecule has 1 N–H and O–H groups in total. The molecule has 0 aromatic carbocycles. The van der Waals surface area contributed by atoms with Crippen LogP contribution in [0, 0.1) is 6.92 Å². The summed E-state index contributed by atoms with van der Waals surface area (Å²) in [5, 5.41) is 6.08. The maximum atomic E-state index is 12.3. The van der Waals surface area contributed by atoms with Gasteiger partial charge in [0.05, 0.1) is 30.1 Å². The number of carbonyl (C=O) groups is 2. The van der Waals surface area contributed by atoms with E-state index in [4.69, 9.17) is 4.74 Å². The van der Waals surface area contributed by atoms with E-state index in [-0.39, 0.29) is 6.03 Å². The summed E-state index contributed by atoms with van der Waals surface area (Å²) >= 11 is 2.64. The summed E-state index contributed by atoms with van der Waals surface area (Å²) in [5.41, 5.74) is 1.67. The molecular formula is C14H18N4O3S2. The van der Waals surface area contributed by atoms with Gasteiger partial charge in [0.15, 0.2) is 0 Å². The molecule has 0 aliphatic heterocycles. The van der Waals surface area contributed by atoms with Crippen LogP contribution in [0.15, 0.2) is 5.38 Å². The molecule has 0 aliphatic rings. The molecule has 0 aliphatic carbocycles. The first kappa shape index (κ1) is 17.4. The van der Waals surface area contributed by atoms with Crippen LogP contribution in [0.5, 0.6) is 0 Å². The van der Waals surface area contributed by atoms with E-state index in [1.54, 1.807) is 25.3 Å². The molecule has 2 aromatic heterocycles. The number of hydrogen-bond acceptors (Lipinski definition) is 7. The van der Waals surface area contributed by atoms with Crippen LogP contribution < -0.4 is 5.32 Å². The fraction of sp³-hybridized carbons (Fsp3) is 0.429. The van der Waals surface area contributed by atoms with E-state index >= 15 is 0 Å². The minimum atomic E-state index is -0.513. The minimum Gasteiger partial charge on any atom is -0.465 e. The SMILES string of the molecule is CCc1nc(CN(C)C(=O)Nc2snc(C)c2C(=O)OC)cs1. The molecule has 124 valence electrons. The number of anilines is 1. The Kier molecular flexibility index (Phi) is 5.67. The molecule has 2 aromatic rings. The molecule has 0 unspecified atom stereocenters. The van der Waals surface area contributed by atoms with Crippen molar-refractivity contribution in [3.8, 4) is 0 Å². The maximum Gasteiger partial charge on any atom is 0.342 e. The summed E-state index contributed by atoms with van der Waals surface area (Å²) in [4.78, 5) is 30.0. The highest BCUT2D eigenvalue weighted by atomic mass is 32.1. The second-order valence-electron chi connectivity index (χ2n) is 4.84. The molecule has 0 saturated carbocycles. The average Bonchev–Trinajstić information content (AvgIpc) is 3.13. The predicted molar refractivity (Wildman–Crippen MR) is 90.2 cm³/mol. The monoisotopic (exact) mass is 354 g/mol. The van der Waals surface area contributed by atoms with Crippen LogP contribution in [0.2, 0.25) is 0 Å². The summed E-state index contributed by atoms with van der Waals surface area (Å²) in [6, 6.07) is -0.329. The molecule has 0 spiro atoms. The standard InChI is InChI=1S/C14H18N4O3S2/c1-5-10-15-9(7-22-10)6-18(3)14(20)16-12-11(13(19)21-4)8(2)17-23-12/h7H,5-6H2,1-4H3,(H,16,20). The minimum absolute atomic E-state index is 0.293. The van der Waals surface area contributed by atoms with Crippen molar-refractivity contribution < 1.29 is 14.3 Å². The first-order valence-electron chi connectivity index (χ1n) is 6.96. The van der Waals surface area contributed by atoms with Gasteiger partial charge in [-0.1, -0.05) is 6.92 Å². The Hall–Kier alpha value is -2.00. The fourth-order valence-electron chi connectivity index (χ4n) is 1.89. The summed E-state index contributed by atoms with van der Waals surface area (Å²) in [5.74, 6) is -0.513. The number of aryl methyl sites for hydroxylation is 2. The summed E-state index contributed by atoms with van der Waals surface area (Å²) in [6.45, 7) is 4.14. The van der Waals surface area contributed by atoms with Gasteiger partial charge in [0.2, 0.25) is 0 Å². The third kappa shape index (κ3) is 4.05. The molecule has 7 nitrogen and oxygen atoms in total. The van der Waals surface area contributed by atoms with Gasteiger partial charge in [-0.25, -0.2) is 14.6 Å². The predicted octanol–water partition coefficient (Wildman–Crippen LogP) is 2.92. The van der Waals surface area contributed by atoms with E-state index in [1.807, 2.05) is 12.3 Å². The number of esters is 1. The van der Waals surface area contributed by atoms with Crippen molar-refractivity contribution in [3.05, 3.63) is 27.3 Å². The molecule has 0 fully saturated rings. The molecule has 23 heavy (non-hydrogen) atoms. The maximum absolute atomic E-state index is 12.3. The number of nitrogens with zero attached hydrogens (tertiary/aromatic N) is 3. The second kappa shape index (κ2) is 7.51. The number of thiazole rings is 1. The zero-order chi connectivity index (χ0) is 17.0. The van der Waals surface area contributed by atoms with E-state index in [2.05, 4.69) is 14.7 Å². The van der Waals surface area contributed by atoms with Crippen molar-refractivity contribution in [2.75, 3.05) is 19.5 Å². The molecule has 0 radical (unpaired) electrons. The van der Waals surface area contributed by atoms with Crippen LogP contribution in [0.25, 0.3) is 0 Å². The third-order valence-electron chi connectivity index (χ3n) is 3.12. The molecule has 0 bridgehead atoms. The highest BCUT2D eigenvalue weighted by molar-refractivity contribution is 7.11. The van der Waals surface area contributed by atoms with Crippen molar-refractivity contribution in [2.45, 2.75) is 26.8 Å². The third-order valence-corrected chi connectivity index (χ3v) is 5.02. The Morgan fingerprint density at radius 3 is 2.78 bits per heavy atom. The number of ether oxygens (including phenoxy) is 1. The van der Waals surface area contributed by atoms with Gasteiger partial charge in [-0.15, -0.1) is 11.3 Å². The Balaban J connectivity index is 2.05. The molecule has 2 heterocycles. The Bertz CT molecular complexity index is 711. The number of hydrogen-bond donors (Lipinski definition) is 1. The van der Waals surface area contributed by atoms with Gasteiger partial charge in [-0.2, -0.15) is 4.37 Å². The van der Waals surface area contributed by atoms with Crippen molar-refractivity contribution in [2.24, 2.45) is 0 Å². The Morgan fingerprint density at radius 2 is 2.17 bits per heavy atom. The summed E-state index contributed by atoms with van der Waals surface area (Å²) in [7, 11) is 2.97. The van der Waals surface area contributed by atoms with Crippen LogP contribution in [0.4, 0.5) is 9.80 Å². The zero-order valence-electron chi connectivity index (χ0n) is 13.4. The lowest BCUT2D eigenvalue weighted by molar-refractivity contribution is 0.0601. The molecule has 0 atom stereocenters.